The number of hydrogen-bond acceptors (Lipinski definition) is 5. The molecule has 1 aromatic rings. The van der Waals surface area contributed by atoms with Gasteiger partial charge in [-0.15, -0.1) is 0 Å². The lowest BCUT2D eigenvalue weighted by Crippen LogP contribution is -2.58. The minimum atomic E-state index is -1.07. The minimum Gasteiger partial charge on any atom is -0.508 e. The fraction of sp³-hybridized carbons (Fsp3) is 0.758. The van der Waals surface area contributed by atoms with Crippen molar-refractivity contribution in [2.75, 3.05) is 0 Å². The number of amides is 1. The van der Waals surface area contributed by atoms with E-state index >= 15 is 0 Å². The fourth-order valence-electron chi connectivity index (χ4n) is 10.1. The number of benzene rings is 1. The lowest BCUT2D eigenvalue weighted by atomic mass is 9.43. The third-order valence-electron chi connectivity index (χ3n) is 12.3. The van der Waals surface area contributed by atoms with Gasteiger partial charge in [0, 0.05) is 12.8 Å². The zero-order chi connectivity index (χ0) is 28.8. The van der Waals surface area contributed by atoms with Crippen LogP contribution in [0.4, 0.5) is 0 Å². The van der Waals surface area contributed by atoms with Crippen LogP contribution >= 0.6 is 0 Å². The van der Waals surface area contributed by atoms with Crippen LogP contribution in [-0.2, 0) is 16.0 Å². The lowest BCUT2D eigenvalue weighted by molar-refractivity contribution is -0.175. The Bertz CT molecular complexity index is 1080. The number of carbonyl (C=O) groups is 2. The summed E-state index contributed by atoms with van der Waals surface area (Å²) in [4.78, 5) is 24.7. The van der Waals surface area contributed by atoms with E-state index in [0.29, 0.717) is 36.0 Å². The molecule has 0 bridgehead atoms. The molecule has 1 aromatic carbocycles. The molecule has 0 heterocycles. The third-order valence-corrected chi connectivity index (χ3v) is 12.3. The molecule has 4 aliphatic carbocycles. The van der Waals surface area contributed by atoms with Crippen molar-refractivity contribution in [1.29, 1.82) is 0 Å². The number of aliphatic hydroxyl groups excluding tert-OH is 2. The largest absolute Gasteiger partial charge is 0.508 e. The number of carboxylic acid groups (broad SMARTS) is 1. The number of aliphatic hydroxyl groups is 2. The van der Waals surface area contributed by atoms with Gasteiger partial charge in [0.05, 0.1) is 12.2 Å². The van der Waals surface area contributed by atoms with E-state index in [2.05, 4.69) is 26.1 Å². The summed E-state index contributed by atoms with van der Waals surface area (Å²) in [5.74, 6) is 1.59. The van der Waals surface area contributed by atoms with Crippen molar-refractivity contribution in [3.63, 3.8) is 0 Å². The van der Waals surface area contributed by atoms with E-state index in [1.807, 2.05) is 0 Å². The van der Waals surface area contributed by atoms with E-state index in [-0.39, 0.29) is 53.5 Å². The molecule has 7 nitrogen and oxygen atoms in total. The molecule has 7 heteroatoms. The molecule has 4 fully saturated rings. The summed E-state index contributed by atoms with van der Waals surface area (Å²) in [6, 6.07) is 5.35. The van der Waals surface area contributed by atoms with Gasteiger partial charge < -0.3 is 25.7 Å². The first kappa shape index (κ1) is 29.4. The van der Waals surface area contributed by atoms with Gasteiger partial charge in [0.1, 0.15) is 11.8 Å². The van der Waals surface area contributed by atoms with E-state index in [4.69, 9.17) is 0 Å². The summed E-state index contributed by atoms with van der Waals surface area (Å²) in [7, 11) is 0. The quantitative estimate of drug-likeness (QED) is 0.310. The lowest BCUT2D eigenvalue weighted by Gasteiger charge is -2.62. The average Bonchev–Trinajstić information content (AvgIpc) is 3.28. The predicted octanol–water partition coefficient (Wildman–Crippen LogP) is 4.91. The maximum absolute atomic E-state index is 12.8. The third kappa shape index (κ3) is 5.29. The highest BCUT2D eigenvalue weighted by Gasteiger charge is 2.63. The zero-order valence-corrected chi connectivity index (χ0v) is 24.4. The molecule has 222 valence electrons. The van der Waals surface area contributed by atoms with E-state index in [9.17, 15) is 30.0 Å². The smallest absolute Gasteiger partial charge is 0.326 e. The van der Waals surface area contributed by atoms with Gasteiger partial charge in [-0.2, -0.15) is 0 Å². The summed E-state index contributed by atoms with van der Waals surface area (Å²) in [6.45, 7) is 6.95. The van der Waals surface area contributed by atoms with Crippen LogP contribution in [0, 0.1) is 46.3 Å². The SMILES string of the molecule is C[C@H](CCC(=O)N[C@@H](Cc1ccc(O)cc1)C(=O)O)[C@H]1CC[C@H]2[C@@H]3CCC4C[C@H](O)CC[C@]4(C)[C@H]3C[C@H](O)[C@]12C. The topological polar surface area (TPSA) is 127 Å². The highest BCUT2D eigenvalue weighted by molar-refractivity contribution is 5.83. The van der Waals surface area contributed by atoms with Crippen LogP contribution in [0.1, 0.15) is 90.5 Å². The minimum absolute atomic E-state index is 0.116. The Morgan fingerprint density at radius 1 is 1.00 bits per heavy atom. The Labute approximate surface area is 238 Å². The molecular formula is C33H49NO6. The van der Waals surface area contributed by atoms with Gasteiger partial charge in [0.25, 0.3) is 0 Å². The summed E-state index contributed by atoms with van der Waals surface area (Å²) >= 11 is 0. The van der Waals surface area contributed by atoms with Crippen LogP contribution in [-0.4, -0.2) is 50.6 Å². The summed E-state index contributed by atoms with van der Waals surface area (Å²) < 4.78 is 0. The van der Waals surface area contributed by atoms with Crippen molar-refractivity contribution >= 4 is 11.9 Å². The van der Waals surface area contributed by atoms with Gasteiger partial charge in [0.2, 0.25) is 5.91 Å². The number of carbonyl (C=O) groups excluding carboxylic acids is 1. The highest BCUT2D eigenvalue weighted by Crippen LogP contribution is 2.68. The Balaban J connectivity index is 1.20. The van der Waals surface area contributed by atoms with Crippen LogP contribution in [0.15, 0.2) is 24.3 Å². The van der Waals surface area contributed by atoms with Crippen molar-refractivity contribution in [1.82, 2.24) is 5.32 Å². The van der Waals surface area contributed by atoms with E-state index in [1.54, 1.807) is 12.1 Å². The molecule has 4 saturated carbocycles. The Kier molecular flexibility index (Phi) is 8.28. The molecule has 0 spiro atoms. The number of nitrogens with one attached hydrogen (secondary N) is 1. The maximum Gasteiger partial charge on any atom is 0.326 e. The number of hydrogen-bond donors (Lipinski definition) is 5. The molecule has 5 rings (SSSR count). The van der Waals surface area contributed by atoms with Crippen LogP contribution in [0.2, 0.25) is 0 Å². The molecule has 40 heavy (non-hydrogen) atoms. The van der Waals surface area contributed by atoms with Crippen molar-refractivity contribution in [3.05, 3.63) is 29.8 Å². The van der Waals surface area contributed by atoms with Gasteiger partial charge in [0.15, 0.2) is 0 Å². The average molecular weight is 556 g/mol. The Hall–Kier alpha value is -2.12. The molecule has 0 saturated heterocycles. The molecule has 5 N–H and O–H groups in total. The molecular weight excluding hydrogens is 506 g/mol. The maximum atomic E-state index is 12.8. The number of phenols is 1. The zero-order valence-electron chi connectivity index (χ0n) is 24.4. The van der Waals surface area contributed by atoms with Gasteiger partial charge in [-0.05, 0) is 122 Å². The molecule has 0 radical (unpaired) electrons. The number of aromatic hydroxyl groups is 1. The van der Waals surface area contributed by atoms with Crippen LogP contribution in [0.5, 0.6) is 5.75 Å². The molecule has 11 atom stereocenters. The van der Waals surface area contributed by atoms with Gasteiger partial charge in [-0.3, -0.25) is 4.79 Å². The number of phenolic OH excluding ortho intramolecular Hbond substituents is 1. The summed E-state index contributed by atoms with van der Waals surface area (Å²) in [5.41, 5.74) is 0.796. The normalized spacial score (nSPS) is 40.3. The van der Waals surface area contributed by atoms with Crippen molar-refractivity contribution in [2.24, 2.45) is 46.3 Å². The molecule has 4 aliphatic rings. The number of fused-ring (bicyclic) bond motifs is 5. The molecule has 0 aliphatic heterocycles. The van der Waals surface area contributed by atoms with Crippen molar-refractivity contribution < 1.29 is 30.0 Å². The highest BCUT2D eigenvalue weighted by atomic mass is 16.4. The summed E-state index contributed by atoms with van der Waals surface area (Å²) in [6.07, 6.45) is 8.87. The van der Waals surface area contributed by atoms with E-state index in [1.165, 1.54) is 25.0 Å². The first-order valence-electron chi connectivity index (χ1n) is 15.6. The van der Waals surface area contributed by atoms with Crippen molar-refractivity contribution in [2.45, 2.75) is 110 Å². The molecule has 0 aromatic heterocycles. The number of carboxylic acids is 1. The van der Waals surface area contributed by atoms with Gasteiger partial charge >= 0.3 is 5.97 Å². The van der Waals surface area contributed by atoms with Gasteiger partial charge in [-0.1, -0.05) is 32.9 Å². The standard InChI is InChI=1S/C33H49NO6/c1-19(4-13-30(38)34-28(31(39)40)16-20-5-8-22(35)9-6-20)25-11-12-26-24-10-7-21-17-23(36)14-15-32(21,2)27(24)18-29(37)33(25,26)3/h5-6,8-9,19,21,23-29,35-37H,4,7,10-18H2,1-3H3,(H,34,38)(H,39,40)/t19-,21?,23-,24+,25-,26+,27+,28+,29+,32+,33-/m1/s1. The first-order chi connectivity index (χ1) is 18.9. The second kappa shape index (κ2) is 11.3. The second-order valence-electron chi connectivity index (χ2n) is 14.2. The summed E-state index contributed by atoms with van der Waals surface area (Å²) in [5, 5.41) is 43.9. The molecule has 1 unspecified atom stereocenters. The van der Waals surface area contributed by atoms with E-state index < -0.39 is 12.0 Å². The van der Waals surface area contributed by atoms with Gasteiger partial charge in [-0.25, -0.2) is 4.79 Å². The van der Waals surface area contributed by atoms with Crippen molar-refractivity contribution in [3.8, 4) is 5.75 Å². The second-order valence-corrected chi connectivity index (χ2v) is 14.2. The number of rotatable bonds is 8. The monoisotopic (exact) mass is 555 g/mol. The molecule has 1 amide bonds. The van der Waals surface area contributed by atoms with Crippen LogP contribution in [0.3, 0.4) is 0 Å². The van der Waals surface area contributed by atoms with Crippen LogP contribution in [0.25, 0.3) is 0 Å². The number of aliphatic carboxylic acids is 1. The predicted molar refractivity (Wildman–Crippen MR) is 152 cm³/mol. The Morgan fingerprint density at radius 2 is 1.73 bits per heavy atom. The fourth-order valence-corrected chi connectivity index (χ4v) is 10.1. The first-order valence-corrected chi connectivity index (χ1v) is 15.6. The van der Waals surface area contributed by atoms with Crippen LogP contribution < -0.4 is 5.32 Å². The Morgan fingerprint density at radius 3 is 2.42 bits per heavy atom. The van der Waals surface area contributed by atoms with E-state index in [0.717, 1.165) is 44.1 Å².